The molecule has 1 saturated heterocycles. The first kappa shape index (κ1) is 16.1. The van der Waals surface area contributed by atoms with Crippen molar-refractivity contribution >= 4 is 11.8 Å². The fourth-order valence-electron chi connectivity index (χ4n) is 3.49. The molecule has 4 rings (SSSR count). The zero-order valence-corrected chi connectivity index (χ0v) is 14.6. The Balaban J connectivity index is 1.40. The second-order valence-electron chi connectivity index (χ2n) is 6.97. The number of nitrogens with zero attached hydrogens (tertiary/aromatic N) is 4. The van der Waals surface area contributed by atoms with Crippen LogP contribution in [0.4, 0.5) is 10.6 Å². The van der Waals surface area contributed by atoms with Gasteiger partial charge in [-0.05, 0) is 32.1 Å². The van der Waals surface area contributed by atoms with Crippen molar-refractivity contribution in [3.63, 3.8) is 0 Å². The number of carbonyl (C=O) groups excluding carboxylic acids is 1. The quantitative estimate of drug-likeness (QED) is 0.871. The molecule has 2 aromatic heterocycles. The SMILES string of the molecule is CC(C1CC1)n1nccc1NC(=O)N[C@H]1CCO[C@@H]1c1cnn(C)c1. The number of urea groups is 1. The number of amides is 2. The highest BCUT2D eigenvalue weighted by molar-refractivity contribution is 5.88. The Morgan fingerprint density at radius 3 is 2.92 bits per heavy atom. The van der Waals surface area contributed by atoms with E-state index in [-0.39, 0.29) is 18.2 Å². The molecule has 2 N–H and O–H groups in total. The highest BCUT2D eigenvalue weighted by Gasteiger charge is 2.33. The number of aryl methyl sites for hydroxylation is 1. The number of hydrogen-bond donors (Lipinski definition) is 2. The summed E-state index contributed by atoms with van der Waals surface area (Å²) in [6.45, 7) is 2.78. The first-order valence-electron chi connectivity index (χ1n) is 8.83. The van der Waals surface area contributed by atoms with Crippen LogP contribution in [0, 0.1) is 5.92 Å². The van der Waals surface area contributed by atoms with Crippen molar-refractivity contribution < 1.29 is 9.53 Å². The van der Waals surface area contributed by atoms with Crippen molar-refractivity contribution in [3.8, 4) is 0 Å². The lowest BCUT2D eigenvalue weighted by atomic mass is 10.1. The van der Waals surface area contributed by atoms with Gasteiger partial charge in [0, 0.05) is 31.5 Å². The molecule has 2 amide bonds. The molecular weight excluding hydrogens is 320 g/mol. The zero-order chi connectivity index (χ0) is 17.4. The molecule has 25 heavy (non-hydrogen) atoms. The summed E-state index contributed by atoms with van der Waals surface area (Å²) in [6, 6.07) is 1.85. The highest BCUT2D eigenvalue weighted by atomic mass is 16.5. The molecule has 2 aromatic rings. The predicted octanol–water partition coefficient (Wildman–Crippen LogP) is 2.24. The summed E-state index contributed by atoms with van der Waals surface area (Å²) in [5, 5.41) is 14.5. The molecule has 0 bridgehead atoms. The lowest BCUT2D eigenvalue weighted by molar-refractivity contribution is 0.100. The van der Waals surface area contributed by atoms with Gasteiger partial charge in [-0.25, -0.2) is 9.48 Å². The molecule has 3 heterocycles. The fraction of sp³-hybridized carbons (Fsp3) is 0.588. The minimum absolute atomic E-state index is 0.0681. The topological polar surface area (TPSA) is 86.0 Å². The number of nitrogens with one attached hydrogen (secondary N) is 2. The normalized spacial score (nSPS) is 24.2. The number of carbonyl (C=O) groups is 1. The Morgan fingerprint density at radius 2 is 2.20 bits per heavy atom. The molecule has 8 nitrogen and oxygen atoms in total. The molecule has 134 valence electrons. The van der Waals surface area contributed by atoms with E-state index >= 15 is 0 Å². The van der Waals surface area contributed by atoms with Gasteiger partial charge >= 0.3 is 6.03 Å². The van der Waals surface area contributed by atoms with Gasteiger partial charge in [0.15, 0.2) is 0 Å². The molecule has 2 fully saturated rings. The molecule has 0 aromatic carbocycles. The molecule has 0 spiro atoms. The summed E-state index contributed by atoms with van der Waals surface area (Å²) in [5.74, 6) is 1.40. The zero-order valence-electron chi connectivity index (χ0n) is 14.6. The van der Waals surface area contributed by atoms with Gasteiger partial charge in [0.2, 0.25) is 0 Å². The van der Waals surface area contributed by atoms with Crippen LogP contribution in [-0.4, -0.2) is 38.2 Å². The van der Waals surface area contributed by atoms with Crippen LogP contribution in [0.5, 0.6) is 0 Å². The van der Waals surface area contributed by atoms with E-state index in [2.05, 4.69) is 27.8 Å². The van der Waals surface area contributed by atoms with Crippen molar-refractivity contribution in [1.29, 1.82) is 0 Å². The molecule has 0 radical (unpaired) electrons. The molecule has 8 heteroatoms. The summed E-state index contributed by atoms with van der Waals surface area (Å²) in [5.41, 5.74) is 0.984. The van der Waals surface area contributed by atoms with Crippen LogP contribution in [0.2, 0.25) is 0 Å². The third-order valence-electron chi connectivity index (χ3n) is 5.06. The fourth-order valence-corrected chi connectivity index (χ4v) is 3.49. The van der Waals surface area contributed by atoms with Crippen LogP contribution in [0.15, 0.2) is 24.7 Å². The van der Waals surface area contributed by atoms with E-state index in [1.807, 2.05) is 24.0 Å². The van der Waals surface area contributed by atoms with Crippen molar-refractivity contribution in [3.05, 3.63) is 30.2 Å². The first-order valence-corrected chi connectivity index (χ1v) is 8.83. The Kier molecular flexibility index (Phi) is 4.20. The highest BCUT2D eigenvalue weighted by Crippen LogP contribution is 2.40. The van der Waals surface area contributed by atoms with Gasteiger partial charge in [-0.2, -0.15) is 10.2 Å². The van der Waals surface area contributed by atoms with Gasteiger partial charge < -0.3 is 10.1 Å². The largest absolute Gasteiger partial charge is 0.371 e. The van der Waals surface area contributed by atoms with E-state index in [0.717, 1.165) is 17.8 Å². The van der Waals surface area contributed by atoms with E-state index in [4.69, 9.17) is 4.74 Å². The molecular formula is C17H24N6O2. The van der Waals surface area contributed by atoms with Gasteiger partial charge in [-0.15, -0.1) is 0 Å². The second kappa shape index (κ2) is 6.51. The number of rotatable bonds is 5. The smallest absolute Gasteiger partial charge is 0.320 e. The summed E-state index contributed by atoms with van der Waals surface area (Å²) in [6.07, 6.45) is 8.53. The number of anilines is 1. The third kappa shape index (κ3) is 3.39. The van der Waals surface area contributed by atoms with E-state index < -0.39 is 0 Å². The Bertz CT molecular complexity index is 750. The average molecular weight is 344 g/mol. The van der Waals surface area contributed by atoms with Crippen LogP contribution in [0.1, 0.15) is 43.9 Å². The standard InChI is InChI=1S/C17H24N6O2/c1-11(12-3-4-12)23-15(5-7-18-23)21-17(24)20-14-6-8-25-16(14)13-9-19-22(2)10-13/h5,7,9-12,14,16H,3-4,6,8H2,1-2H3,(H2,20,21,24)/t11?,14-,16+/m0/s1. The molecule has 1 saturated carbocycles. The van der Waals surface area contributed by atoms with Gasteiger partial charge in [0.1, 0.15) is 11.9 Å². The van der Waals surface area contributed by atoms with Crippen LogP contribution in [-0.2, 0) is 11.8 Å². The minimum atomic E-state index is -0.228. The molecule has 1 aliphatic heterocycles. The second-order valence-corrected chi connectivity index (χ2v) is 6.97. The van der Waals surface area contributed by atoms with Crippen molar-refractivity contribution in [2.75, 3.05) is 11.9 Å². The molecule has 1 aliphatic carbocycles. The lowest BCUT2D eigenvalue weighted by Gasteiger charge is -2.20. The van der Waals surface area contributed by atoms with Gasteiger partial charge in [0.25, 0.3) is 0 Å². The summed E-state index contributed by atoms with van der Waals surface area (Å²) in [7, 11) is 1.87. The Morgan fingerprint density at radius 1 is 1.36 bits per heavy atom. The monoisotopic (exact) mass is 344 g/mol. The average Bonchev–Trinajstić information content (AvgIpc) is 2.94. The van der Waals surface area contributed by atoms with Crippen LogP contribution < -0.4 is 10.6 Å². The van der Waals surface area contributed by atoms with Gasteiger partial charge in [0.05, 0.1) is 24.5 Å². The minimum Gasteiger partial charge on any atom is -0.371 e. The van der Waals surface area contributed by atoms with Crippen molar-refractivity contribution in [2.24, 2.45) is 13.0 Å². The van der Waals surface area contributed by atoms with Crippen molar-refractivity contribution in [2.45, 2.75) is 44.4 Å². The number of ether oxygens (including phenoxy) is 1. The lowest BCUT2D eigenvalue weighted by Crippen LogP contribution is -2.40. The summed E-state index contributed by atoms with van der Waals surface area (Å²) >= 11 is 0. The van der Waals surface area contributed by atoms with Crippen molar-refractivity contribution in [1.82, 2.24) is 24.9 Å². The van der Waals surface area contributed by atoms with E-state index in [9.17, 15) is 4.79 Å². The van der Waals surface area contributed by atoms with E-state index in [1.54, 1.807) is 17.1 Å². The van der Waals surface area contributed by atoms with Gasteiger partial charge in [-0.1, -0.05) is 0 Å². The first-order chi connectivity index (χ1) is 12.1. The maximum atomic E-state index is 12.5. The summed E-state index contributed by atoms with van der Waals surface area (Å²) in [4.78, 5) is 12.5. The van der Waals surface area contributed by atoms with Gasteiger partial charge in [-0.3, -0.25) is 10.00 Å². The maximum Gasteiger partial charge on any atom is 0.320 e. The Labute approximate surface area is 146 Å². The van der Waals surface area contributed by atoms with E-state index in [1.165, 1.54) is 12.8 Å². The summed E-state index contributed by atoms with van der Waals surface area (Å²) < 4.78 is 9.44. The maximum absolute atomic E-state index is 12.5. The Hall–Kier alpha value is -2.35. The predicted molar refractivity (Wildman–Crippen MR) is 92.1 cm³/mol. The molecule has 1 unspecified atom stereocenters. The number of aromatic nitrogens is 4. The molecule has 2 aliphatic rings. The van der Waals surface area contributed by atoms with Crippen LogP contribution in [0.3, 0.4) is 0 Å². The van der Waals surface area contributed by atoms with E-state index in [0.29, 0.717) is 18.6 Å². The number of hydrogen-bond acceptors (Lipinski definition) is 4. The van der Waals surface area contributed by atoms with Crippen LogP contribution in [0.25, 0.3) is 0 Å². The molecule has 3 atom stereocenters. The third-order valence-corrected chi connectivity index (χ3v) is 5.06. The van der Waals surface area contributed by atoms with Crippen LogP contribution >= 0.6 is 0 Å².